The van der Waals surface area contributed by atoms with Crippen molar-refractivity contribution in [2.75, 3.05) is 33.4 Å². The van der Waals surface area contributed by atoms with Gasteiger partial charge in [-0.15, -0.1) is 0 Å². The van der Waals surface area contributed by atoms with E-state index in [-0.39, 0.29) is 11.9 Å². The quantitative estimate of drug-likeness (QED) is 0.858. The van der Waals surface area contributed by atoms with Gasteiger partial charge in [0.05, 0.1) is 13.2 Å². The Hall–Kier alpha value is -1.39. The fraction of sp³-hybridized carbons (Fsp3) is 0.562. The van der Waals surface area contributed by atoms with Crippen molar-refractivity contribution in [1.82, 2.24) is 10.2 Å². The molecule has 1 heterocycles. The lowest BCUT2D eigenvalue weighted by atomic mass is 9.99. The number of likely N-dealkylation sites (tertiary alicyclic amines) is 1. The monoisotopic (exact) mass is 276 g/mol. The van der Waals surface area contributed by atoms with Crippen LogP contribution in [-0.4, -0.2) is 50.2 Å². The molecule has 0 aliphatic carbocycles. The number of benzene rings is 1. The number of nitrogens with one attached hydrogen (secondary N) is 1. The number of carbonyl (C=O) groups excluding carboxylic acids is 1. The first-order chi connectivity index (χ1) is 9.69. The van der Waals surface area contributed by atoms with E-state index in [0.29, 0.717) is 19.1 Å². The molecule has 0 saturated carbocycles. The molecular weight excluding hydrogens is 252 g/mol. The molecule has 4 nitrogen and oxygen atoms in total. The van der Waals surface area contributed by atoms with Crippen LogP contribution in [0.5, 0.6) is 0 Å². The van der Waals surface area contributed by atoms with Gasteiger partial charge in [-0.3, -0.25) is 9.69 Å². The first-order valence-electron chi connectivity index (χ1n) is 7.24. The van der Waals surface area contributed by atoms with Gasteiger partial charge in [0.25, 0.3) is 0 Å². The van der Waals surface area contributed by atoms with E-state index in [9.17, 15) is 4.79 Å². The summed E-state index contributed by atoms with van der Waals surface area (Å²) in [6, 6.07) is 10.6. The summed E-state index contributed by atoms with van der Waals surface area (Å²) in [6.07, 6.45) is 1.13. The molecule has 0 bridgehead atoms. The van der Waals surface area contributed by atoms with E-state index in [1.54, 1.807) is 7.11 Å². The summed E-state index contributed by atoms with van der Waals surface area (Å²) in [6.45, 7) is 4.95. The molecule has 1 aromatic rings. The third-order valence-corrected chi connectivity index (χ3v) is 3.73. The van der Waals surface area contributed by atoms with Gasteiger partial charge in [0.1, 0.15) is 0 Å². The molecule has 20 heavy (non-hydrogen) atoms. The minimum absolute atomic E-state index is 0.0695. The zero-order valence-electron chi connectivity index (χ0n) is 12.3. The summed E-state index contributed by atoms with van der Waals surface area (Å²) in [7, 11) is 1.65. The molecule has 0 radical (unpaired) electrons. The van der Waals surface area contributed by atoms with Crippen molar-refractivity contribution in [1.29, 1.82) is 0 Å². The number of hydrogen-bond acceptors (Lipinski definition) is 3. The van der Waals surface area contributed by atoms with Gasteiger partial charge in [0, 0.05) is 19.7 Å². The molecule has 1 saturated heterocycles. The summed E-state index contributed by atoms with van der Waals surface area (Å²) in [5.41, 5.74) is 1.38. The first-order valence-corrected chi connectivity index (χ1v) is 7.24. The Labute approximate surface area is 121 Å². The van der Waals surface area contributed by atoms with Crippen molar-refractivity contribution in [3.63, 3.8) is 0 Å². The van der Waals surface area contributed by atoms with Gasteiger partial charge in [0.2, 0.25) is 5.91 Å². The molecule has 1 fully saturated rings. The molecule has 0 spiro atoms. The van der Waals surface area contributed by atoms with E-state index < -0.39 is 0 Å². The standard InChI is InChI=1S/C16H24N2O2/c1-13(12-20-2)17-16(19)11-18-9-8-15(10-18)14-6-4-3-5-7-14/h3-7,13,15H,8-12H2,1-2H3,(H,17,19)/t13-,15-/m0/s1. The highest BCUT2D eigenvalue weighted by Crippen LogP contribution is 2.26. The number of hydrogen-bond donors (Lipinski definition) is 1. The average Bonchev–Trinajstić information content (AvgIpc) is 2.88. The van der Waals surface area contributed by atoms with Crippen LogP contribution >= 0.6 is 0 Å². The molecule has 0 unspecified atom stereocenters. The fourth-order valence-electron chi connectivity index (χ4n) is 2.79. The second-order valence-corrected chi connectivity index (χ2v) is 5.56. The van der Waals surface area contributed by atoms with E-state index in [2.05, 4.69) is 34.5 Å². The maximum Gasteiger partial charge on any atom is 0.234 e. The largest absolute Gasteiger partial charge is 0.383 e. The van der Waals surface area contributed by atoms with Crippen molar-refractivity contribution in [2.24, 2.45) is 0 Å². The molecule has 2 rings (SSSR count). The Morgan fingerprint density at radius 1 is 1.45 bits per heavy atom. The molecule has 4 heteroatoms. The maximum atomic E-state index is 11.9. The smallest absolute Gasteiger partial charge is 0.234 e. The molecular formula is C16H24N2O2. The van der Waals surface area contributed by atoms with Crippen LogP contribution in [0, 0.1) is 0 Å². The molecule has 1 aliphatic heterocycles. The number of methoxy groups -OCH3 is 1. The van der Waals surface area contributed by atoms with E-state index in [1.807, 2.05) is 13.0 Å². The predicted octanol–water partition coefficient (Wildman–Crippen LogP) is 1.63. The Bertz CT molecular complexity index is 422. The molecule has 1 N–H and O–H groups in total. The fourth-order valence-corrected chi connectivity index (χ4v) is 2.79. The third-order valence-electron chi connectivity index (χ3n) is 3.73. The topological polar surface area (TPSA) is 41.6 Å². The van der Waals surface area contributed by atoms with Gasteiger partial charge < -0.3 is 10.1 Å². The normalized spacial score (nSPS) is 20.8. The van der Waals surface area contributed by atoms with Crippen molar-refractivity contribution in [3.05, 3.63) is 35.9 Å². The molecule has 1 amide bonds. The highest BCUT2D eigenvalue weighted by atomic mass is 16.5. The van der Waals surface area contributed by atoms with Gasteiger partial charge in [0.15, 0.2) is 0 Å². The summed E-state index contributed by atoms with van der Waals surface area (Å²) in [5, 5.41) is 2.96. The lowest BCUT2D eigenvalue weighted by molar-refractivity contribution is -0.122. The van der Waals surface area contributed by atoms with Crippen LogP contribution in [0.4, 0.5) is 0 Å². The van der Waals surface area contributed by atoms with E-state index in [4.69, 9.17) is 4.74 Å². The van der Waals surface area contributed by atoms with Crippen LogP contribution < -0.4 is 5.32 Å². The van der Waals surface area contributed by atoms with Crippen LogP contribution in [0.15, 0.2) is 30.3 Å². The van der Waals surface area contributed by atoms with Gasteiger partial charge in [-0.05, 0) is 31.4 Å². The summed E-state index contributed by atoms with van der Waals surface area (Å²) < 4.78 is 5.02. The second kappa shape index (κ2) is 7.41. The SMILES string of the molecule is COC[C@H](C)NC(=O)CN1CC[C@H](c2ccccc2)C1. The second-order valence-electron chi connectivity index (χ2n) is 5.56. The zero-order chi connectivity index (χ0) is 14.4. The Morgan fingerprint density at radius 2 is 2.20 bits per heavy atom. The molecule has 1 aromatic carbocycles. The lowest BCUT2D eigenvalue weighted by Gasteiger charge is -2.18. The Morgan fingerprint density at radius 3 is 2.90 bits per heavy atom. The maximum absolute atomic E-state index is 11.9. The van der Waals surface area contributed by atoms with E-state index >= 15 is 0 Å². The highest BCUT2D eigenvalue weighted by molar-refractivity contribution is 5.78. The summed E-state index contributed by atoms with van der Waals surface area (Å²) in [5.74, 6) is 0.642. The minimum atomic E-state index is 0.0695. The van der Waals surface area contributed by atoms with Gasteiger partial charge >= 0.3 is 0 Å². The van der Waals surface area contributed by atoms with Crippen molar-refractivity contribution in [3.8, 4) is 0 Å². The average molecular weight is 276 g/mol. The lowest BCUT2D eigenvalue weighted by Crippen LogP contribution is -2.42. The van der Waals surface area contributed by atoms with Gasteiger partial charge in [-0.25, -0.2) is 0 Å². The molecule has 110 valence electrons. The Kier molecular flexibility index (Phi) is 5.56. The molecule has 1 aliphatic rings. The van der Waals surface area contributed by atoms with Crippen molar-refractivity contribution in [2.45, 2.75) is 25.3 Å². The summed E-state index contributed by atoms with van der Waals surface area (Å²) >= 11 is 0. The number of carbonyl (C=O) groups is 1. The third kappa shape index (κ3) is 4.32. The van der Waals surface area contributed by atoms with Crippen LogP contribution in [0.25, 0.3) is 0 Å². The van der Waals surface area contributed by atoms with Crippen LogP contribution in [0.2, 0.25) is 0 Å². The number of rotatable bonds is 6. The number of amides is 1. The summed E-state index contributed by atoms with van der Waals surface area (Å²) in [4.78, 5) is 14.1. The van der Waals surface area contributed by atoms with E-state index in [1.165, 1.54) is 5.56 Å². The van der Waals surface area contributed by atoms with Crippen molar-refractivity contribution >= 4 is 5.91 Å². The van der Waals surface area contributed by atoms with Gasteiger partial charge in [-0.2, -0.15) is 0 Å². The zero-order valence-corrected chi connectivity index (χ0v) is 12.3. The van der Waals surface area contributed by atoms with Gasteiger partial charge in [-0.1, -0.05) is 30.3 Å². The number of nitrogens with zero attached hydrogens (tertiary/aromatic N) is 1. The van der Waals surface area contributed by atoms with Crippen LogP contribution in [0.1, 0.15) is 24.8 Å². The highest BCUT2D eigenvalue weighted by Gasteiger charge is 2.25. The molecule has 0 aromatic heterocycles. The van der Waals surface area contributed by atoms with E-state index in [0.717, 1.165) is 19.5 Å². The number of ether oxygens (including phenoxy) is 1. The Balaban J connectivity index is 1.77. The first kappa shape index (κ1) is 15.0. The molecule has 2 atom stereocenters. The minimum Gasteiger partial charge on any atom is -0.383 e. The predicted molar refractivity (Wildman–Crippen MR) is 79.7 cm³/mol. The van der Waals surface area contributed by atoms with Crippen LogP contribution in [0.3, 0.4) is 0 Å². The van der Waals surface area contributed by atoms with Crippen LogP contribution in [-0.2, 0) is 9.53 Å². The van der Waals surface area contributed by atoms with Crippen molar-refractivity contribution < 1.29 is 9.53 Å².